The van der Waals surface area contributed by atoms with E-state index in [4.69, 9.17) is 23.1 Å². The molecule has 1 aromatic rings. The maximum Gasteiger partial charge on any atom is 0.238 e. The standard InChI is InChI=1S/C16H23N3O2S/c17-16(22)13-6-1-2-7-14(13)18-15(21)11-19-9-4-3-5-12(19)8-10-20/h1-2,6-7,12,20H,3-5,8-11H2,(H2,17,22)(H,18,21). The zero-order valence-electron chi connectivity index (χ0n) is 12.6. The Hall–Kier alpha value is -1.50. The highest BCUT2D eigenvalue weighted by atomic mass is 32.1. The molecule has 1 aliphatic rings. The van der Waals surface area contributed by atoms with E-state index in [0.29, 0.717) is 17.8 Å². The van der Waals surface area contributed by atoms with Crippen molar-refractivity contribution in [3.05, 3.63) is 29.8 Å². The van der Waals surface area contributed by atoms with Gasteiger partial charge in [0.2, 0.25) is 5.91 Å². The average Bonchev–Trinajstić information content (AvgIpc) is 2.50. The van der Waals surface area contributed by atoms with E-state index in [1.54, 1.807) is 12.1 Å². The quantitative estimate of drug-likeness (QED) is 0.692. The van der Waals surface area contributed by atoms with Crippen LogP contribution in [0.3, 0.4) is 0 Å². The summed E-state index contributed by atoms with van der Waals surface area (Å²) < 4.78 is 0. The molecule has 1 aliphatic heterocycles. The van der Waals surface area contributed by atoms with E-state index in [1.165, 1.54) is 0 Å². The minimum atomic E-state index is -0.0754. The van der Waals surface area contributed by atoms with Gasteiger partial charge in [-0.1, -0.05) is 30.8 Å². The van der Waals surface area contributed by atoms with E-state index in [-0.39, 0.29) is 23.5 Å². The SMILES string of the molecule is NC(=S)c1ccccc1NC(=O)CN1CCCCC1CCO. The Labute approximate surface area is 136 Å². The van der Waals surface area contributed by atoms with Crippen molar-refractivity contribution in [3.8, 4) is 0 Å². The summed E-state index contributed by atoms with van der Waals surface area (Å²) in [6.45, 7) is 1.39. The van der Waals surface area contributed by atoms with Gasteiger partial charge in [0.15, 0.2) is 0 Å². The Bertz CT molecular complexity index is 534. The third-order valence-electron chi connectivity index (χ3n) is 4.02. The first-order chi connectivity index (χ1) is 10.6. The number of benzene rings is 1. The Morgan fingerprint density at radius 2 is 2.18 bits per heavy atom. The highest BCUT2D eigenvalue weighted by Crippen LogP contribution is 2.20. The Morgan fingerprint density at radius 1 is 1.41 bits per heavy atom. The number of carbonyl (C=O) groups is 1. The molecule has 1 unspecified atom stereocenters. The Morgan fingerprint density at radius 3 is 2.91 bits per heavy atom. The number of piperidine rings is 1. The van der Waals surface area contributed by atoms with Crippen molar-refractivity contribution in [2.45, 2.75) is 31.7 Å². The van der Waals surface area contributed by atoms with Gasteiger partial charge in [0.1, 0.15) is 4.99 Å². The number of nitrogens with two attached hydrogens (primary N) is 1. The van der Waals surface area contributed by atoms with Crippen LogP contribution in [0.15, 0.2) is 24.3 Å². The lowest BCUT2D eigenvalue weighted by Gasteiger charge is -2.34. The van der Waals surface area contributed by atoms with E-state index in [0.717, 1.165) is 32.2 Å². The van der Waals surface area contributed by atoms with E-state index in [2.05, 4.69) is 10.2 Å². The molecule has 1 saturated heterocycles. The van der Waals surface area contributed by atoms with Crippen LogP contribution in [0.2, 0.25) is 0 Å². The molecule has 2 rings (SSSR count). The van der Waals surface area contributed by atoms with Crippen molar-refractivity contribution < 1.29 is 9.90 Å². The molecule has 22 heavy (non-hydrogen) atoms. The summed E-state index contributed by atoms with van der Waals surface area (Å²) in [5, 5.41) is 12.0. The van der Waals surface area contributed by atoms with Crippen molar-refractivity contribution in [2.75, 3.05) is 25.0 Å². The summed E-state index contributed by atoms with van der Waals surface area (Å²) in [6.07, 6.45) is 4.01. The number of hydrogen-bond donors (Lipinski definition) is 3. The normalized spacial score (nSPS) is 18.9. The Kier molecular flexibility index (Phi) is 6.30. The molecule has 0 spiro atoms. The maximum atomic E-state index is 12.3. The number of para-hydroxylation sites is 1. The number of likely N-dealkylation sites (tertiary alicyclic amines) is 1. The van der Waals surface area contributed by atoms with Gasteiger partial charge < -0.3 is 16.2 Å². The fourth-order valence-corrected chi connectivity index (χ4v) is 3.10. The number of hydrogen-bond acceptors (Lipinski definition) is 4. The molecule has 0 bridgehead atoms. The highest BCUT2D eigenvalue weighted by molar-refractivity contribution is 7.80. The maximum absolute atomic E-state index is 12.3. The van der Waals surface area contributed by atoms with Gasteiger partial charge in [0.25, 0.3) is 0 Å². The minimum Gasteiger partial charge on any atom is -0.396 e. The van der Waals surface area contributed by atoms with Crippen molar-refractivity contribution in [3.63, 3.8) is 0 Å². The van der Waals surface area contributed by atoms with Gasteiger partial charge >= 0.3 is 0 Å². The van der Waals surface area contributed by atoms with Crippen LogP contribution in [0.4, 0.5) is 5.69 Å². The van der Waals surface area contributed by atoms with Crippen LogP contribution in [0.5, 0.6) is 0 Å². The van der Waals surface area contributed by atoms with Crippen LogP contribution in [0.25, 0.3) is 0 Å². The number of carbonyl (C=O) groups excluding carboxylic acids is 1. The van der Waals surface area contributed by atoms with Crippen molar-refractivity contribution >= 4 is 28.8 Å². The second-order valence-corrected chi connectivity index (χ2v) is 6.03. The van der Waals surface area contributed by atoms with E-state index in [9.17, 15) is 4.79 Å². The van der Waals surface area contributed by atoms with Gasteiger partial charge in [-0.25, -0.2) is 0 Å². The number of aliphatic hydroxyl groups is 1. The average molecular weight is 321 g/mol. The molecule has 1 heterocycles. The van der Waals surface area contributed by atoms with Crippen LogP contribution in [-0.2, 0) is 4.79 Å². The monoisotopic (exact) mass is 321 g/mol. The van der Waals surface area contributed by atoms with E-state index in [1.807, 2.05) is 12.1 Å². The van der Waals surface area contributed by atoms with E-state index >= 15 is 0 Å². The zero-order valence-corrected chi connectivity index (χ0v) is 13.4. The molecule has 0 aliphatic carbocycles. The lowest BCUT2D eigenvalue weighted by Crippen LogP contribution is -2.44. The summed E-state index contributed by atoms with van der Waals surface area (Å²) in [5.74, 6) is -0.0754. The summed E-state index contributed by atoms with van der Waals surface area (Å²) >= 11 is 5.01. The van der Waals surface area contributed by atoms with Crippen LogP contribution in [-0.4, -0.2) is 46.6 Å². The van der Waals surface area contributed by atoms with Gasteiger partial charge in [-0.2, -0.15) is 0 Å². The first-order valence-electron chi connectivity index (χ1n) is 7.65. The van der Waals surface area contributed by atoms with Crippen molar-refractivity contribution in [1.82, 2.24) is 4.90 Å². The lowest BCUT2D eigenvalue weighted by atomic mass is 9.99. The highest BCUT2D eigenvalue weighted by Gasteiger charge is 2.24. The molecule has 0 saturated carbocycles. The summed E-state index contributed by atoms with van der Waals surface area (Å²) in [4.78, 5) is 14.7. The molecule has 120 valence electrons. The molecule has 1 atom stereocenters. The number of nitrogens with zero attached hydrogens (tertiary/aromatic N) is 1. The third kappa shape index (κ3) is 4.50. The van der Waals surface area contributed by atoms with Gasteiger partial charge in [0.05, 0.1) is 12.2 Å². The summed E-state index contributed by atoms with van der Waals surface area (Å²) in [7, 11) is 0. The van der Waals surface area contributed by atoms with Gasteiger partial charge in [-0.15, -0.1) is 0 Å². The zero-order chi connectivity index (χ0) is 15.9. The second-order valence-electron chi connectivity index (χ2n) is 5.59. The number of thiocarbonyl (C=S) groups is 1. The van der Waals surface area contributed by atoms with Crippen LogP contribution in [0.1, 0.15) is 31.2 Å². The largest absolute Gasteiger partial charge is 0.396 e. The molecule has 6 heteroatoms. The first kappa shape index (κ1) is 16.9. The summed E-state index contributed by atoms with van der Waals surface area (Å²) in [6, 6.07) is 7.57. The number of rotatable bonds is 6. The Balaban J connectivity index is 1.99. The van der Waals surface area contributed by atoms with Gasteiger partial charge in [-0.05, 0) is 37.9 Å². The molecule has 1 aromatic carbocycles. The smallest absolute Gasteiger partial charge is 0.238 e. The van der Waals surface area contributed by atoms with Crippen molar-refractivity contribution in [2.24, 2.45) is 5.73 Å². The number of nitrogens with one attached hydrogen (secondary N) is 1. The molecule has 5 nitrogen and oxygen atoms in total. The number of anilines is 1. The first-order valence-corrected chi connectivity index (χ1v) is 8.06. The third-order valence-corrected chi connectivity index (χ3v) is 4.24. The lowest BCUT2D eigenvalue weighted by molar-refractivity contribution is -0.118. The fraction of sp³-hybridized carbons (Fsp3) is 0.500. The molecular weight excluding hydrogens is 298 g/mol. The minimum absolute atomic E-state index is 0.0754. The molecule has 1 amide bonds. The number of amides is 1. The predicted molar refractivity (Wildman–Crippen MR) is 91.9 cm³/mol. The molecule has 4 N–H and O–H groups in total. The molecule has 0 aromatic heterocycles. The topological polar surface area (TPSA) is 78.6 Å². The van der Waals surface area contributed by atoms with Gasteiger partial charge in [0, 0.05) is 18.2 Å². The van der Waals surface area contributed by atoms with Crippen LogP contribution < -0.4 is 11.1 Å². The molecule has 0 radical (unpaired) electrons. The van der Waals surface area contributed by atoms with Crippen molar-refractivity contribution in [1.29, 1.82) is 0 Å². The van der Waals surface area contributed by atoms with Crippen LogP contribution >= 0.6 is 12.2 Å². The number of aliphatic hydroxyl groups excluding tert-OH is 1. The van der Waals surface area contributed by atoms with Gasteiger partial charge in [-0.3, -0.25) is 9.69 Å². The van der Waals surface area contributed by atoms with Crippen LogP contribution in [0, 0.1) is 0 Å². The molecular formula is C16H23N3O2S. The fourth-order valence-electron chi connectivity index (χ4n) is 2.93. The summed E-state index contributed by atoms with van der Waals surface area (Å²) in [5.41, 5.74) is 7.00. The second kappa shape index (κ2) is 8.22. The van der Waals surface area contributed by atoms with E-state index < -0.39 is 0 Å². The molecule has 1 fully saturated rings. The predicted octanol–water partition coefficient (Wildman–Crippen LogP) is 1.50.